The molecule has 3 heterocycles. The molecule has 1 aliphatic carbocycles. The fourth-order valence-corrected chi connectivity index (χ4v) is 5.34. The van der Waals surface area contributed by atoms with Crippen LogP contribution in [0.1, 0.15) is 84.8 Å². The number of hydrogen-bond donors (Lipinski definition) is 2. The van der Waals surface area contributed by atoms with Crippen LogP contribution in [0.5, 0.6) is 0 Å². The predicted octanol–water partition coefficient (Wildman–Crippen LogP) is 5.82. The number of aliphatic hydroxyl groups is 2. The van der Waals surface area contributed by atoms with Gasteiger partial charge in [-0.15, -0.1) is 11.3 Å². The molecule has 3 aromatic rings. The molecular formula is C23H26F3N3O3S. The number of halogens is 3. The molecule has 1 fully saturated rings. The second-order valence-electron chi connectivity index (χ2n) is 8.88. The maximum atomic E-state index is 12.8. The normalized spacial score (nSPS) is 18.3. The molecule has 0 spiro atoms. The minimum atomic E-state index is -4.52. The van der Waals surface area contributed by atoms with Crippen molar-refractivity contribution in [1.82, 2.24) is 15.0 Å². The van der Waals surface area contributed by atoms with E-state index in [9.17, 15) is 23.4 Å². The lowest BCUT2D eigenvalue weighted by atomic mass is 9.76. The van der Waals surface area contributed by atoms with Crippen molar-refractivity contribution in [3.05, 3.63) is 51.9 Å². The first kappa shape index (κ1) is 23.8. The molecule has 0 aliphatic heterocycles. The van der Waals surface area contributed by atoms with Gasteiger partial charge in [-0.05, 0) is 38.8 Å². The molecule has 6 nitrogen and oxygen atoms in total. The summed E-state index contributed by atoms with van der Waals surface area (Å²) in [6.45, 7) is 5.52. The summed E-state index contributed by atoms with van der Waals surface area (Å²) in [6.07, 6.45) is -0.789. The molecule has 178 valence electrons. The molecule has 3 aromatic heterocycles. The van der Waals surface area contributed by atoms with E-state index in [0.717, 1.165) is 49.3 Å². The minimum Gasteiger partial charge on any atom is -0.442 e. The van der Waals surface area contributed by atoms with E-state index < -0.39 is 24.1 Å². The Hall–Kier alpha value is -2.30. The first-order valence-electron chi connectivity index (χ1n) is 10.8. The van der Waals surface area contributed by atoms with Crippen molar-refractivity contribution in [1.29, 1.82) is 0 Å². The van der Waals surface area contributed by atoms with E-state index in [1.54, 1.807) is 13.8 Å². The van der Waals surface area contributed by atoms with E-state index in [2.05, 4.69) is 21.9 Å². The van der Waals surface area contributed by atoms with Gasteiger partial charge in [0.05, 0.1) is 16.3 Å². The molecule has 1 aliphatic rings. The van der Waals surface area contributed by atoms with Gasteiger partial charge in [0.15, 0.2) is 5.76 Å². The van der Waals surface area contributed by atoms with Crippen LogP contribution in [0.15, 0.2) is 22.7 Å². The van der Waals surface area contributed by atoms with Gasteiger partial charge in [-0.2, -0.15) is 13.2 Å². The lowest BCUT2D eigenvalue weighted by molar-refractivity contribution is -0.141. The standard InChI is InChI=1S/C23H26F3N3O3S/c1-12-18(32-21(29-12)22(3)9-5-4-6-10-22)16(30)17(31)19-13(2)28-20(33-19)14-7-8-15(27-11-14)23(24,25)26/h7-8,11,16-17,30-31H,4-6,9-10H2,1-3H3. The molecule has 4 rings (SSSR count). The number of aryl methyl sites for hydroxylation is 2. The monoisotopic (exact) mass is 481 g/mol. The van der Waals surface area contributed by atoms with Crippen LogP contribution in [0.3, 0.4) is 0 Å². The maximum Gasteiger partial charge on any atom is 0.433 e. The summed E-state index contributed by atoms with van der Waals surface area (Å²) < 4.78 is 44.3. The molecular weight excluding hydrogens is 455 g/mol. The van der Waals surface area contributed by atoms with E-state index in [1.165, 1.54) is 12.5 Å². The lowest BCUT2D eigenvalue weighted by Gasteiger charge is -2.30. The van der Waals surface area contributed by atoms with Crippen LogP contribution in [-0.4, -0.2) is 25.2 Å². The van der Waals surface area contributed by atoms with Gasteiger partial charge in [0, 0.05) is 17.2 Å². The fraction of sp³-hybridized carbons (Fsp3) is 0.522. The molecule has 2 unspecified atom stereocenters. The molecule has 33 heavy (non-hydrogen) atoms. The Labute approximate surface area is 193 Å². The average molecular weight is 482 g/mol. The summed E-state index contributed by atoms with van der Waals surface area (Å²) >= 11 is 1.09. The van der Waals surface area contributed by atoms with Crippen LogP contribution < -0.4 is 0 Å². The number of hydrogen-bond acceptors (Lipinski definition) is 7. The topological polar surface area (TPSA) is 92.3 Å². The van der Waals surface area contributed by atoms with Crippen molar-refractivity contribution in [2.45, 2.75) is 76.7 Å². The molecule has 2 N–H and O–H groups in total. The van der Waals surface area contributed by atoms with Crippen molar-refractivity contribution in [2.75, 3.05) is 0 Å². The Morgan fingerprint density at radius 1 is 1.03 bits per heavy atom. The summed E-state index contributed by atoms with van der Waals surface area (Å²) in [6, 6.07) is 2.18. The van der Waals surface area contributed by atoms with Gasteiger partial charge in [-0.25, -0.2) is 9.97 Å². The fourth-order valence-electron chi connectivity index (χ4n) is 4.27. The number of rotatable bonds is 5. The third-order valence-electron chi connectivity index (χ3n) is 6.28. The molecule has 0 radical (unpaired) electrons. The number of pyridine rings is 1. The zero-order valence-electron chi connectivity index (χ0n) is 18.6. The predicted molar refractivity (Wildman–Crippen MR) is 117 cm³/mol. The SMILES string of the molecule is Cc1nc(C2(C)CCCCC2)oc1C(O)C(O)c1sc(-c2ccc(C(F)(F)F)nc2)nc1C. The van der Waals surface area contributed by atoms with Crippen LogP contribution in [0, 0.1) is 13.8 Å². The number of thiazole rings is 1. The first-order valence-corrected chi connectivity index (χ1v) is 11.7. The van der Waals surface area contributed by atoms with Gasteiger partial charge in [-0.1, -0.05) is 26.2 Å². The Morgan fingerprint density at radius 2 is 1.73 bits per heavy atom. The van der Waals surface area contributed by atoms with Crippen molar-refractivity contribution in [3.63, 3.8) is 0 Å². The minimum absolute atomic E-state index is 0.185. The molecule has 0 saturated heterocycles. The highest BCUT2D eigenvalue weighted by atomic mass is 32.1. The molecule has 1 saturated carbocycles. The molecule has 0 aromatic carbocycles. The van der Waals surface area contributed by atoms with Gasteiger partial charge in [0.1, 0.15) is 22.9 Å². The van der Waals surface area contributed by atoms with Crippen LogP contribution in [-0.2, 0) is 11.6 Å². The first-order chi connectivity index (χ1) is 15.5. The van der Waals surface area contributed by atoms with Crippen molar-refractivity contribution >= 4 is 11.3 Å². The summed E-state index contributed by atoms with van der Waals surface area (Å²) in [5.41, 5.74) is 0.219. The van der Waals surface area contributed by atoms with Crippen LogP contribution >= 0.6 is 11.3 Å². The van der Waals surface area contributed by atoms with E-state index in [-0.39, 0.29) is 11.2 Å². The van der Waals surface area contributed by atoms with Crippen molar-refractivity contribution in [2.24, 2.45) is 0 Å². The Balaban J connectivity index is 1.57. The lowest BCUT2D eigenvalue weighted by Crippen LogP contribution is -2.25. The van der Waals surface area contributed by atoms with E-state index in [0.29, 0.717) is 32.7 Å². The third-order valence-corrected chi connectivity index (χ3v) is 7.55. The van der Waals surface area contributed by atoms with Gasteiger partial charge in [0.25, 0.3) is 0 Å². The van der Waals surface area contributed by atoms with Crippen LogP contribution in [0.25, 0.3) is 10.6 Å². The molecule has 0 amide bonds. The Bertz CT molecular complexity index is 1120. The average Bonchev–Trinajstić information content (AvgIpc) is 3.36. The Kier molecular flexibility index (Phi) is 6.36. The quantitative estimate of drug-likeness (QED) is 0.477. The second kappa shape index (κ2) is 8.81. The van der Waals surface area contributed by atoms with Gasteiger partial charge in [-0.3, -0.25) is 4.98 Å². The van der Waals surface area contributed by atoms with Gasteiger partial charge < -0.3 is 14.6 Å². The van der Waals surface area contributed by atoms with E-state index in [4.69, 9.17) is 4.42 Å². The highest BCUT2D eigenvalue weighted by molar-refractivity contribution is 7.15. The number of alkyl halides is 3. The van der Waals surface area contributed by atoms with Gasteiger partial charge >= 0.3 is 6.18 Å². The number of aromatic nitrogens is 3. The largest absolute Gasteiger partial charge is 0.442 e. The van der Waals surface area contributed by atoms with Crippen LogP contribution in [0.4, 0.5) is 13.2 Å². The number of aliphatic hydroxyl groups excluding tert-OH is 2. The maximum absolute atomic E-state index is 12.8. The Morgan fingerprint density at radius 3 is 2.33 bits per heavy atom. The molecule has 0 bridgehead atoms. The van der Waals surface area contributed by atoms with Crippen molar-refractivity contribution in [3.8, 4) is 10.6 Å². The summed E-state index contributed by atoms with van der Waals surface area (Å²) in [5, 5.41) is 22.2. The van der Waals surface area contributed by atoms with Crippen molar-refractivity contribution < 1.29 is 27.8 Å². The number of nitrogens with zero attached hydrogens (tertiary/aromatic N) is 3. The number of oxazole rings is 1. The summed E-state index contributed by atoms with van der Waals surface area (Å²) in [5.74, 6) is 0.799. The van der Waals surface area contributed by atoms with E-state index in [1.807, 2.05) is 0 Å². The summed E-state index contributed by atoms with van der Waals surface area (Å²) in [4.78, 5) is 12.8. The summed E-state index contributed by atoms with van der Waals surface area (Å²) in [7, 11) is 0. The second-order valence-corrected chi connectivity index (χ2v) is 9.91. The zero-order valence-corrected chi connectivity index (χ0v) is 19.4. The third kappa shape index (κ3) is 4.69. The smallest absolute Gasteiger partial charge is 0.433 e. The molecule has 10 heteroatoms. The zero-order chi connectivity index (χ0) is 24.0. The highest BCUT2D eigenvalue weighted by Crippen LogP contribution is 2.42. The van der Waals surface area contributed by atoms with Crippen LogP contribution in [0.2, 0.25) is 0 Å². The van der Waals surface area contributed by atoms with Gasteiger partial charge in [0.2, 0.25) is 5.89 Å². The van der Waals surface area contributed by atoms with E-state index >= 15 is 0 Å². The highest BCUT2D eigenvalue weighted by Gasteiger charge is 2.37. The molecule has 2 atom stereocenters.